The molecule has 1 spiro atoms. The van der Waals surface area contributed by atoms with Crippen LogP contribution in [0.4, 0.5) is 10.6 Å². The van der Waals surface area contributed by atoms with Crippen molar-refractivity contribution in [2.45, 2.75) is 31.3 Å². The van der Waals surface area contributed by atoms with E-state index >= 15 is 0 Å². The highest BCUT2D eigenvalue weighted by atomic mass is 16.2. The highest BCUT2D eigenvalue weighted by Gasteiger charge is 2.55. The van der Waals surface area contributed by atoms with E-state index in [0.717, 1.165) is 37.2 Å². The Morgan fingerprint density at radius 2 is 2.09 bits per heavy atom. The van der Waals surface area contributed by atoms with E-state index in [4.69, 9.17) is 0 Å². The van der Waals surface area contributed by atoms with Crippen LogP contribution in [0.1, 0.15) is 24.1 Å². The number of carbonyl (C=O) groups excluding carboxylic acids is 2. The summed E-state index contributed by atoms with van der Waals surface area (Å²) in [6, 6.07) is -0.381. The van der Waals surface area contributed by atoms with Gasteiger partial charge in [-0.25, -0.2) is 14.8 Å². The minimum absolute atomic E-state index is 0.231. The molecule has 0 aromatic carbocycles. The molecule has 1 aromatic rings. The van der Waals surface area contributed by atoms with Crippen molar-refractivity contribution in [3.8, 4) is 0 Å². The molecule has 1 atom stereocenters. The first-order valence-electron chi connectivity index (χ1n) is 7.62. The summed E-state index contributed by atoms with van der Waals surface area (Å²) in [5, 5.41) is 8.96. The highest BCUT2D eigenvalue weighted by Crippen LogP contribution is 2.35. The van der Waals surface area contributed by atoms with Gasteiger partial charge in [0.15, 0.2) is 0 Å². The second kappa shape index (κ2) is 4.99. The number of nitrogens with one attached hydrogen (secondary N) is 3. The van der Waals surface area contributed by atoms with Crippen molar-refractivity contribution in [3.05, 3.63) is 17.6 Å². The van der Waals surface area contributed by atoms with Gasteiger partial charge in [0.2, 0.25) is 0 Å². The Bertz CT molecular complexity index is 640. The molecule has 8 nitrogen and oxygen atoms in total. The molecule has 3 amide bonds. The number of carbonyl (C=O) groups is 2. The maximum Gasteiger partial charge on any atom is 0.330 e. The van der Waals surface area contributed by atoms with Crippen molar-refractivity contribution >= 4 is 17.8 Å². The highest BCUT2D eigenvalue weighted by molar-refractivity contribution is 6.17. The van der Waals surface area contributed by atoms with E-state index < -0.39 is 5.54 Å². The van der Waals surface area contributed by atoms with E-state index in [2.05, 4.69) is 25.9 Å². The molecule has 4 rings (SSSR count). The van der Waals surface area contributed by atoms with Crippen molar-refractivity contribution in [3.63, 3.8) is 0 Å². The lowest BCUT2D eigenvalue weighted by Gasteiger charge is -2.38. The number of fused-ring (bicyclic) bond motifs is 1. The van der Waals surface area contributed by atoms with E-state index in [-0.39, 0.29) is 11.9 Å². The van der Waals surface area contributed by atoms with Gasteiger partial charge in [-0.05, 0) is 32.4 Å². The number of rotatable bonds is 1. The molecule has 1 unspecified atom stereocenters. The number of hydrogen-bond donors (Lipinski definition) is 3. The number of nitrogens with zero attached hydrogens (tertiary/aromatic N) is 3. The number of piperidine rings is 1. The fraction of sp³-hybridized carbons (Fsp3) is 0.571. The van der Waals surface area contributed by atoms with Crippen molar-refractivity contribution in [1.29, 1.82) is 0 Å². The molecule has 3 aliphatic heterocycles. The fourth-order valence-corrected chi connectivity index (χ4v) is 3.60. The molecule has 2 saturated heterocycles. The number of urea groups is 1. The SMILES string of the molecule is O=C1NC(=O)C2(CCCNC2)N1c1ncnc2c1CCNC2. The zero-order valence-electron chi connectivity index (χ0n) is 12.2. The molecule has 0 aliphatic carbocycles. The van der Waals surface area contributed by atoms with Gasteiger partial charge < -0.3 is 10.6 Å². The minimum atomic E-state index is -0.859. The third kappa shape index (κ3) is 1.84. The number of aromatic nitrogens is 2. The molecule has 116 valence electrons. The number of hydrogen-bond acceptors (Lipinski definition) is 6. The monoisotopic (exact) mass is 302 g/mol. The number of amides is 3. The van der Waals surface area contributed by atoms with Crippen LogP contribution in [-0.2, 0) is 17.8 Å². The summed E-state index contributed by atoms with van der Waals surface area (Å²) in [6.07, 6.45) is 3.73. The van der Waals surface area contributed by atoms with Crippen molar-refractivity contribution in [2.24, 2.45) is 0 Å². The quantitative estimate of drug-likeness (QED) is 0.593. The first kappa shape index (κ1) is 13.6. The molecule has 0 saturated carbocycles. The third-order valence-corrected chi connectivity index (χ3v) is 4.70. The molecule has 1 aromatic heterocycles. The number of anilines is 1. The Balaban J connectivity index is 1.83. The lowest BCUT2D eigenvalue weighted by atomic mass is 9.88. The van der Waals surface area contributed by atoms with E-state index in [1.54, 1.807) is 4.90 Å². The Kier molecular flexibility index (Phi) is 3.08. The van der Waals surface area contributed by atoms with E-state index in [1.165, 1.54) is 6.33 Å². The topological polar surface area (TPSA) is 99.3 Å². The van der Waals surface area contributed by atoms with Crippen LogP contribution in [0, 0.1) is 0 Å². The lowest BCUT2D eigenvalue weighted by Crippen LogP contribution is -2.59. The molecule has 3 N–H and O–H groups in total. The maximum absolute atomic E-state index is 12.4. The maximum atomic E-state index is 12.4. The fourth-order valence-electron chi connectivity index (χ4n) is 3.60. The summed E-state index contributed by atoms with van der Waals surface area (Å²) in [4.78, 5) is 35.1. The summed E-state index contributed by atoms with van der Waals surface area (Å²) >= 11 is 0. The first-order chi connectivity index (χ1) is 10.7. The molecular formula is C14H18N6O2. The summed E-state index contributed by atoms with van der Waals surface area (Å²) < 4.78 is 0. The Hall–Kier alpha value is -2.06. The molecular weight excluding hydrogens is 284 g/mol. The summed E-state index contributed by atoms with van der Waals surface area (Å²) in [6.45, 7) is 2.81. The summed E-state index contributed by atoms with van der Waals surface area (Å²) in [5.41, 5.74) is 1.01. The van der Waals surface area contributed by atoms with Gasteiger partial charge in [0.25, 0.3) is 5.91 Å². The predicted molar refractivity (Wildman–Crippen MR) is 78.3 cm³/mol. The normalized spacial score (nSPS) is 27.9. The average molecular weight is 302 g/mol. The second-order valence-electron chi connectivity index (χ2n) is 5.96. The minimum Gasteiger partial charge on any atom is -0.314 e. The molecule has 22 heavy (non-hydrogen) atoms. The van der Waals surface area contributed by atoms with Crippen LogP contribution in [0.5, 0.6) is 0 Å². The smallest absolute Gasteiger partial charge is 0.314 e. The van der Waals surface area contributed by atoms with Crippen LogP contribution in [0.15, 0.2) is 6.33 Å². The van der Waals surface area contributed by atoms with Crippen LogP contribution in [0.2, 0.25) is 0 Å². The van der Waals surface area contributed by atoms with Crippen LogP contribution < -0.4 is 20.9 Å². The molecule has 2 fully saturated rings. The summed E-state index contributed by atoms with van der Waals surface area (Å²) in [5.74, 6) is 0.351. The Morgan fingerprint density at radius 3 is 2.91 bits per heavy atom. The predicted octanol–water partition coefficient (Wildman–Crippen LogP) is -0.699. The van der Waals surface area contributed by atoms with E-state index in [1.807, 2.05) is 0 Å². The lowest BCUT2D eigenvalue weighted by molar-refractivity contribution is -0.123. The van der Waals surface area contributed by atoms with Crippen LogP contribution in [-0.4, -0.2) is 47.1 Å². The zero-order valence-corrected chi connectivity index (χ0v) is 12.2. The second-order valence-corrected chi connectivity index (χ2v) is 5.96. The number of imide groups is 1. The third-order valence-electron chi connectivity index (χ3n) is 4.70. The van der Waals surface area contributed by atoms with Crippen LogP contribution in [0.3, 0.4) is 0 Å². The van der Waals surface area contributed by atoms with Gasteiger partial charge in [0.1, 0.15) is 17.7 Å². The van der Waals surface area contributed by atoms with Crippen LogP contribution >= 0.6 is 0 Å². The van der Waals surface area contributed by atoms with Gasteiger partial charge in [-0.2, -0.15) is 0 Å². The molecule has 0 radical (unpaired) electrons. The van der Waals surface area contributed by atoms with Gasteiger partial charge in [-0.1, -0.05) is 0 Å². The van der Waals surface area contributed by atoms with Crippen LogP contribution in [0.25, 0.3) is 0 Å². The molecule has 4 heterocycles. The Labute approximate surface area is 127 Å². The van der Waals surface area contributed by atoms with Gasteiger partial charge in [0, 0.05) is 18.7 Å². The standard InChI is InChI=1S/C14H18N6O2/c21-12-14(3-1-4-16-7-14)20(13(22)19-12)11-9-2-5-15-6-10(9)17-8-18-11/h8,15-16H,1-7H2,(H,19,21,22). The van der Waals surface area contributed by atoms with Crippen molar-refractivity contribution in [2.75, 3.05) is 24.5 Å². The molecule has 3 aliphatic rings. The van der Waals surface area contributed by atoms with Crippen molar-refractivity contribution < 1.29 is 9.59 Å². The first-order valence-corrected chi connectivity index (χ1v) is 7.62. The zero-order chi connectivity index (χ0) is 15.2. The molecule has 0 bridgehead atoms. The van der Waals surface area contributed by atoms with Gasteiger partial charge in [0.05, 0.1) is 5.69 Å². The van der Waals surface area contributed by atoms with Gasteiger partial charge >= 0.3 is 6.03 Å². The Morgan fingerprint density at radius 1 is 1.18 bits per heavy atom. The van der Waals surface area contributed by atoms with Gasteiger partial charge in [-0.15, -0.1) is 0 Å². The largest absolute Gasteiger partial charge is 0.330 e. The van der Waals surface area contributed by atoms with Crippen molar-refractivity contribution in [1.82, 2.24) is 25.9 Å². The average Bonchev–Trinajstić information content (AvgIpc) is 2.78. The van der Waals surface area contributed by atoms with E-state index in [0.29, 0.717) is 25.3 Å². The van der Waals surface area contributed by atoms with E-state index in [9.17, 15) is 9.59 Å². The molecule has 8 heteroatoms. The summed E-state index contributed by atoms with van der Waals surface area (Å²) in [7, 11) is 0. The van der Waals surface area contributed by atoms with Gasteiger partial charge in [-0.3, -0.25) is 15.0 Å².